The SMILES string of the molecule is CC(O)C(NC(=O)N(C)CCC(F)(F)F)C(=O)O. The molecule has 2 amide bonds. The first kappa shape index (κ1) is 16.5. The largest absolute Gasteiger partial charge is 0.480 e. The van der Waals surface area contributed by atoms with Crippen molar-refractivity contribution in [2.24, 2.45) is 0 Å². The second-order valence-corrected chi connectivity index (χ2v) is 3.79. The second-order valence-electron chi connectivity index (χ2n) is 3.79. The number of alkyl halides is 3. The Morgan fingerprint density at radius 3 is 2.22 bits per heavy atom. The number of hydrogen-bond donors (Lipinski definition) is 3. The molecule has 0 aromatic heterocycles. The summed E-state index contributed by atoms with van der Waals surface area (Å²) in [5, 5.41) is 19.7. The smallest absolute Gasteiger partial charge is 0.390 e. The number of carboxylic acid groups (broad SMARTS) is 1. The number of rotatable bonds is 5. The number of urea groups is 1. The number of aliphatic hydroxyl groups is 1. The van der Waals surface area contributed by atoms with Gasteiger partial charge in [0.15, 0.2) is 6.04 Å². The Kier molecular flexibility index (Phi) is 5.89. The van der Waals surface area contributed by atoms with Gasteiger partial charge in [-0.05, 0) is 6.92 Å². The Morgan fingerprint density at radius 1 is 1.39 bits per heavy atom. The maximum Gasteiger partial charge on any atom is 0.390 e. The summed E-state index contributed by atoms with van der Waals surface area (Å²) < 4.78 is 35.7. The highest BCUT2D eigenvalue weighted by atomic mass is 19.4. The lowest BCUT2D eigenvalue weighted by Gasteiger charge is -2.23. The number of amides is 2. The highest BCUT2D eigenvalue weighted by molar-refractivity contribution is 5.82. The number of halogens is 3. The summed E-state index contributed by atoms with van der Waals surface area (Å²) in [4.78, 5) is 22.7. The van der Waals surface area contributed by atoms with Crippen molar-refractivity contribution in [2.45, 2.75) is 31.7 Å². The van der Waals surface area contributed by atoms with Gasteiger partial charge in [0.25, 0.3) is 0 Å². The van der Waals surface area contributed by atoms with E-state index >= 15 is 0 Å². The summed E-state index contributed by atoms with van der Waals surface area (Å²) >= 11 is 0. The molecule has 0 aliphatic carbocycles. The highest BCUT2D eigenvalue weighted by Crippen LogP contribution is 2.19. The summed E-state index contributed by atoms with van der Waals surface area (Å²) in [6, 6.07) is -2.56. The molecule has 0 aliphatic rings. The van der Waals surface area contributed by atoms with E-state index in [-0.39, 0.29) is 0 Å². The molecule has 0 saturated heterocycles. The van der Waals surface area contributed by atoms with Crippen LogP contribution in [-0.4, -0.2) is 59.0 Å². The molecule has 0 fully saturated rings. The number of carboxylic acids is 1. The Bertz CT molecular complexity index is 307. The Balaban J connectivity index is 4.34. The fraction of sp³-hybridized carbons (Fsp3) is 0.778. The minimum absolute atomic E-state index is 0.596. The van der Waals surface area contributed by atoms with Gasteiger partial charge in [0, 0.05) is 13.6 Å². The Morgan fingerprint density at radius 2 is 1.89 bits per heavy atom. The van der Waals surface area contributed by atoms with Crippen LogP contribution in [0.25, 0.3) is 0 Å². The van der Waals surface area contributed by atoms with Crippen molar-refractivity contribution in [1.82, 2.24) is 10.2 Å². The van der Waals surface area contributed by atoms with Crippen LogP contribution < -0.4 is 5.32 Å². The molecule has 18 heavy (non-hydrogen) atoms. The molecule has 0 saturated carbocycles. The summed E-state index contributed by atoms with van der Waals surface area (Å²) in [6.07, 6.45) is -6.95. The van der Waals surface area contributed by atoms with Crippen molar-refractivity contribution < 1.29 is 33.0 Å². The second kappa shape index (κ2) is 6.43. The molecular weight excluding hydrogens is 257 g/mol. The third-order valence-electron chi connectivity index (χ3n) is 2.10. The predicted octanol–water partition coefficient (Wildman–Crippen LogP) is 0.414. The first-order chi connectivity index (χ1) is 8.04. The van der Waals surface area contributed by atoms with Crippen molar-refractivity contribution in [3.05, 3.63) is 0 Å². The Labute approximate surface area is 101 Å². The van der Waals surface area contributed by atoms with Crippen LogP contribution in [-0.2, 0) is 4.79 Å². The van der Waals surface area contributed by atoms with E-state index in [9.17, 15) is 22.8 Å². The number of carbonyl (C=O) groups is 2. The fourth-order valence-corrected chi connectivity index (χ4v) is 1.03. The fourth-order valence-electron chi connectivity index (χ4n) is 1.03. The monoisotopic (exact) mass is 272 g/mol. The quantitative estimate of drug-likeness (QED) is 0.676. The van der Waals surface area contributed by atoms with Crippen LogP contribution in [0.15, 0.2) is 0 Å². The molecule has 106 valence electrons. The van der Waals surface area contributed by atoms with Crippen molar-refractivity contribution in [3.63, 3.8) is 0 Å². The lowest BCUT2D eigenvalue weighted by atomic mass is 10.2. The van der Waals surface area contributed by atoms with E-state index in [1.54, 1.807) is 0 Å². The number of carbonyl (C=O) groups excluding carboxylic acids is 1. The lowest BCUT2D eigenvalue weighted by Crippen LogP contribution is -2.51. The first-order valence-electron chi connectivity index (χ1n) is 5.04. The topological polar surface area (TPSA) is 89.9 Å². The van der Waals surface area contributed by atoms with Crippen LogP contribution >= 0.6 is 0 Å². The van der Waals surface area contributed by atoms with Gasteiger partial charge in [-0.25, -0.2) is 9.59 Å². The molecule has 3 N–H and O–H groups in total. The molecule has 2 unspecified atom stereocenters. The van der Waals surface area contributed by atoms with Crippen LogP contribution in [0, 0.1) is 0 Å². The van der Waals surface area contributed by atoms with Gasteiger partial charge in [-0.1, -0.05) is 0 Å². The normalized spacial score (nSPS) is 14.8. The number of nitrogens with one attached hydrogen (secondary N) is 1. The number of hydrogen-bond acceptors (Lipinski definition) is 3. The van der Waals surface area contributed by atoms with E-state index in [4.69, 9.17) is 10.2 Å². The molecule has 0 rings (SSSR count). The zero-order valence-electron chi connectivity index (χ0n) is 9.86. The predicted molar refractivity (Wildman–Crippen MR) is 54.9 cm³/mol. The van der Waals surface area contributed by atoms with E-state index < -0.39 is 43.3 Å². The van der Waals surface area contributed by atoms with E-state index in [1.807, 2.05) is 5.32 Å². The average Bonchev–Trinajstić information content (AvgIpc) is 2.19. The van der Waals surface area contributed by atoms with Crippen LogP contribution in [0.5, 0.6) is 0 Å². The van der Waals surface area contributed by atoms with Crippen molar-refractivity contribution in [2.75, 3.05) is 13.6 Å². The van der Waals surface area contributed by atoms with Crippen LogP contribution in [0.1, 0.15) is 13.3 Å². The van der Waals surface area contributed by atoms with Gasteiger partial charge in [-0.15, -0.1) is 0 Å². The molecule has 2 atom stereocenters. The van der Waals surface area contributed by atoms with E-state index in [0.29, 0.717) is 4.90 Å². The Hall–Kier alpha value is -1.51. The molecule has 0 heterocycles. The molecule has 0 spiro atoms. The van der Waals surface area contributed by atoms with Gasteiger partial charge in [-0.2, -0.15) is 13.2 Å². The zero-order valence-corrected chi connectivity index (χ0v) is 9.86. The number of nitrogens with zero attached hydrogens (tertiary/aromatic N) is 1. The van der Waals surface area contributed by atoms with Gasteiger partial charge in [0.2, 0.25) is 0 Å². The maximum absolute atomic E-state index is 11.9. The highest BCUT2D eigenvalue weighted by Gasteiger charge is 2.30. The molecule has 6 nitrogen and oxygen atoms in total. The summed E-state index contributed by atoms with van der Waals surface area (Å²) in [6.45, 7) is 0.552. The molecule has 0 aromatic rings. The van der Waals surface area contributed by atoms with Crippen LogP contribution in [0.4, 0.5) is 18.0 Å². The lowest BCUT2D eigenvalue weighted by molar-refractivity contribution is -0.142. The van der Waals surface area contributed by atoms with Gasteiger partial charge in [0.1, 0.15) is 0 Å². The molecule has 0 aromatic carbocycles. The molecule has 9 heteroatoms. The van der Waals surface area contributed by atoms with E-state index in [2.05, 4.69) is 0 Å². The molecule has 0 radical (unpaired) electrons. The third kappa shape index (κ3) is 6.28. The van der Waals surface area contributed by atoms with E-state index in [0.717, 1.165) is 14.0 Å². The molecule has 0 aliphatic heterocycles. The molecule has 0 bridgehead atoms. The zero-order chi connectivity index (χ0) is 14.5. The number of aliphatic carboxylic acids is 1. The van der Waals surface area contributed by atoms with Gasteiger partial charge in [0.05, 0.1) is 12.5 Å². The van der Waals surface area contributed by atoms with Gasteiger partial charge in [-0.3, -0.25) is 0 Å². The maximum atomic E-state index is 11.9. The van der Waals surface area contributed by atoms with E-state index in [1.165, 1.54) is 0 Å². The van der Waals surface area contributed by atoms with Crippen LogP contribution in [0.2, 0.25) is 0 Å². The van der Waals surface area contributed by atoms with Crippen LogP contribution in [0.3, 0.4) is 0 Å². The molecular formula is C9H15F3N2O4. The van der Waals surface area contributed by atoms with Crippen molar-refractivity contribution in [3.8, 4) is 0 Å². The van der Waals surface area contributed by atoms with Gasteiger partial charge >= 0.3 is 18.2 Å². The standard InChI is InChI=1S/C9H15F3N2O4/c1-5(15)6(7(16)17)13-8(18)14(2)4-3-9(10,11)12/h5-6,15H,3-4H2,1-2H3,(H,13,18)(H,16,17). The summed E-state index contributed by atoms with van der Waals surface area (Å²) in [5.74, 6) is -1.47. The van der Waals surface area contributed by atoms with Crippen molar-refractivity contribution in [1.29, 1.82) is 0 Å². The number of aliphatic hydroxyl groups excluding tert-OH is 1. The summed E-state index contributed by atoms with van der Waals surface area (Å²) in [7, 11) is 1.10. The van der Waals surface area contributed by atoms with Crippen molar-refractivity contribution >= 4 is 12.0 Å². The first-order valence-corrected chi connectivity index (χ1v) is 5.04. The third-order valence-corrected chi connectivity index (χ3v) is 2.10. The minimum Gasteiger partial charge on any atom is -0.480 e. The average molecular weight is 272 g/mol. The minimum atomic E-state index is -4.40. The van der Waals surface area contributed by atoms with Gasteiger partial charge < -0.3 is 20.4 Å². The summed E-state index contributed by atoms with van der Waals surface area (Å²) in [5.41, 5.74) is 0.